The zero-order chi connectivity index (χ0) is 15.6. The van der Waals surface area contributed by atoms with E-state index in [0.717, 1.165) is 42.3 Å². The minimum Gasteiger partial charge on any atom is -0.339 e. The third kappa shape index (κ3) is 2.77. The predicted octanol–water partition coefficient (Wildman–Crippen LogP) is 4.92. The molecule has 4 rings (SSSR count). The van der Waals surface area contributed by atoms with Gasteiger partial charge in [0.05, 0.1) is 0 Å². The summed E-state index contributed by atoms with van der Waals surface area (Å²) < 4.78 is 0. The van der Waals surface area contributed by atoms with Crippen molar-refractivity contribution >= 4 is 28.0 Å². The van der Waals surface area contributed by atoms with Gasteiger partial charge in [-0.1, -0.05) is 36.4 Å². The van der Waals surface area contributed by atoms with Crippen molar-refractivity contribution in [1.29, 1.82) is 0 Å². The van der Waals surface area contributed by atoms with E-state index in [1.807, 2.05) is 35.2 Å². The van der Waals surface area contributed by atoms with Crippen LogP contribution < -0.4 is 0 Å². The number of likely N-dealkylation sites (tertiary alicyclic amines) is 1. The molecule has 23 heavy (non-hydrogen) atoms. The lowest BCUT2D eigenvalue weighted by molar-refractivity contribution is 0.0715. The Labute approximate surface area is 140 Å². The Morgan fingerprint density at radius 1 is 1.00 bits per heavy atom. The summed E-state index contributed by atoms with van der Waals surface area (Å²) in [5.74, 6) is 0.781. The number of amides is 1. The van der Waals surface area contributed by atoms with Gasteiger partial charge in [0.25, 0.3) is 5.91 Å². The highest BCUT2D eigenvalue weighted by atomic mass is 32.1. The highest BCUT2D eigenvalue weighted by molar-refractivity contribution is 7.07. The first-order valence-electron chi connectivity index (χ1n) is 8.12. The van der Waals surface area contributed by atoms with Crippen molar-refractivity contribution in [2.24, 2.45) is 0 Å². The van der Waals surface area contributed by atoms with Crippen molar-refractivity contribution in [1.82, 2.24) is 4.90 Å². The van der Waals surface area contributed by atoms with E-state index in [9.17, 15) is 4.79 Å². The van der Waals surface area contributed by atoms with Crippen LogP contribution in [-0.4, -0.2) is 23.9 Å². The van der Waals surface area contributed by atoms with Gasteiger partial charge in [-0.15, -0.1) is 0 Å². The Kier molecular flexibility index (Phi) is 3.88. The Morgan fingerprint density at radius 3 is 2.57 bits per heavy atom. The van der Waals surface area contributed by atoms with Crippen molar-refractivity contribution < 1.29 is 4.79 Å². The number of piperidine rings is 1. The van der Waals surface area contributed by atoms with E-state index in [0.29, 0.717) is 5.92 Å². The number of benzene rings is 2. The number of carbonyl (C=O) groups is 1. The Morgan fingerprint density at radius 2 is 1.78 bits per heavy atom. The number of hydrogen-bond donors (Lipinski definition) is 0. The molecule has 2 aromatic carbocycles. The molecule has 0 spiro atoms. The van der Waals surface area contributed by atoms with Crippen LogP contribution >= 0.6 is 11.3 Å². The van der Waals surface area contributed by atoms with Crippen LogP contribution in [0.25, 0.3) is 10.8 Å². The second-order valence-corrected chi connectivity index (χ2v) is 6.93. The SMILES string of the molecule is O=C(c1cccc2ccccc12)N1CCC(c2ccsc2)CC1. The maximum Gasteiger partial charge on any atom is 0.254 e. The fraction of sp³-hybridized carbons (Fsp3) is 0.250. The van der Waals surface area contributed by atoms with Gasteiger partial charge in [-0.05, 0) is 58.0 Å². The van der Waals surface area contributed by atoms with Crippen LogP contribution in [0, 0.1) is 0 Å². The minimum atomic E-state index is 0.172. The van der Waals surface area contributed by atoms with Crippen molar-refractivity contribution in [3.05, 3.63) is 70.4 Å². The van der Waals surface area contributed by atoms with E-state index in [1.165, 1.54) is 5.56 Å². The van der Waals surface area contributed by atoms with Crippen LogP contribution in [0.15, 0.2) is 59.3 Å². The van der Waals surface area contributed by atoms with Gasteiger partial charge in [-0.3, -0.25) is 4.79 Å². The number of thiophene rings is 1. The smallest absolute Gasteiger partial charge is 0.254 e. The molecule has 116 valence electrons. The number of hydrogen-bond acceptors (Lipinski definition) is 2. The van der Waals surface area contributed by atoms with E-state index in [2.05, 4.69) is 29.0 Å². The summed E-state index contributed by atoms with van der Waals surface area (Å²) in [7, 11) is 0. The molecule has 2 nitrogen and oxygen atoms in total. The highest BCUT2D eigenvalue weighted by Crippen LogP contribution is 2.30. The second-order valence-electron chi connectivity index (χ2n) is 6.15. The molecular formula is C20H19NOS. The van der Waals surface area contributed by atoms with Crippen molar-refractivity contribution in [3.8, 4) is 0 Å². The quantitative estimate of drug-likeness (QED) is 0.656. The van der Waals surface area contributed by atoms with Gasteiger partial charge < -0.3 is 4.90 Å². The van der Waals surface area contributed by atoms with Gasteiger partial charge >= 0.3 is 0 Å². The fourth-order valence-corrected chi connectivity index (χ4v) is 4.25. The first-order valence-corrected chi connectivity index (χ1v) is 9.06. The number of nitrogens with zero attached hydrogens (tertiary/aromatic N) is 1. The number of rotatable bonds is 2. The molecule has 1 aliphatic rings. The number of carbonyl (C=O) groups excluding carboxylic acids is 1. The van der Waals surface area contributed by atoms with Crippen LogP contribution in [0.4, 0.5) is 0 Å². The molecule has 0 atom stereocenters. The zero-order valence-corrected chi connectivity index (χ0v) is 13.8. The molecule has 2 heterocycles. The van der Waals surface area contributed by atoms with E-state index in [-0.39, 0.29) is 5.91 Å². The third-order valence-electron chi connectivity index (χ3n) is 4.82. The van der Waals surface area contributed by atoms with Crippen LogP contribution in [0.1, 0.15) is 34.7 Å². The average Bonchev–Trinajstić information content (AvgIpc) is 3.15. The summed E-state index contributed by atoms with van der Waals surface area (Å²) in [5, 5.41) is 6.57. The van der Waals surface area contributed by atoms with E-state index < -0.39 is 0 Å². The third-order valence-corrected chi connectivity index (χ3v) is 5.52. The molecule has 1 aliphatic heterocycles. The topological polar surface area (TPSA) is 20.3 Å². The standard InChI is InChI=1S/C20H19NOS/c22-20(19-7-3-5-16-4-1-2-6-18(16)19)21-11-8-15(9-12-21)17-10-13-23-14-17/h1-7,10,13-15H,8-9,11-12H2. The van der Waals surface area contributed by atoms with Crippen LogP contribution in [-0.2, 0) is 0 Å². The van der Waals surface area contributed by atoms with Crippen LogP contribution in [0.2, 0.25) is 0 Å². The van der Waals surface area contributed by atoms with Gasteiger partial charge in [0.2, 0.25) is 0 Å². The Balaban J connectivity index is 1.54. The molecule has 0 unspecified atom stereocenters. The summed E-state index contributed by atoms with van der Waals surface area (Å²) in [6.07, 6.45) is 2.13. The van der Waals surface area contributed by atoms with Crippen molar-refractivity contribution in [2.75, 3.05) is 13.1 Å². The van der Waals surface area contributed by atoms with E-state index in [1.54, 1.807) is 11.3 Å². The maximum absolute atomic E-state index is 12.9. The summed E-state index contributed by atoms with van der Waals surface area (Å²) >= 11 is 1.76. The Hall–Kier alpha value is -2.13. The van der Waals surface area contributed by atoms with Gasteiger partial charge in [-0.2, -0.15) is 11.3 Å². The van der Waals surface area contributed by atoms with Crippen LogP contribution in [0.3, 0.4) is 0 Å². The van der Waals surface area contributed by atoms with Gasteiger partial charge in [-0.25, -0.2) is 0 Å². The zero-order valence-electron chi connectivity index (χ0n) is 12.9. The second kappa shape index (κ2) is 6.17. The molecule has 0 aliphatic carbocycles. The molecule has 3 heteroatoms. The Bertz CT molecular complexity index is 811. The number of fused-ring (bicyclic) bond motifs is 1. The minimum absolute atomic E-state index is 0.172. The highest BCUT2D eigenvalue weighted by Gasteiger charge is 2.25. The fourth-order valence-electron chi connectivity index (χ4n) is 3.51. The molecule has 1 aromatic heterocycles. The lowest BCUT2D eigenvalue weighted by Gasteiger charge is -2.32. The van der Waals surface area contributed by atoms with Crippen molar-refractivity contribution in [2.45, 2.75) is 18.8 Å². The molecule has 1 fully saturated rings. The molecule has 1 amide bonds. The van der Waals surface area contributed by atoms with E-state index in [4.69, 9.17) is 0 Å². The summed E-state index contributed by atoms with van der Waals surface area (Å²) in [6.45, 7) is 1.70. The van der Waals surface area contributed by atoms with Gasteiger partial charge in [0.1, 0.15) is 0 Å². The molecule has 0 radical (unpaired) electrons. The molecule has 0 saturated carbocycles. The normalized spacial score (nSPS) is 15.9. The lowest BCUT2D eigenvalue weighted by Crippen LogP contribution is -2.37. The first kappa shape index (κ1) is 14.5. The molecule has 0 N–H and O–H groups in total. The predicted molar refractivity (Wildman–Crippen MR) is 96.1 cm³/mol. The van der Waals surface area contributed by atoms with Gasteiger partial charge in [0, 0.05) is 18.7 Å². The lowest BCUT2D eigenvalue weighted by atomic mass is 9.91. The maximum atomic E-state index is 12.9. The summed E-state index contributed by atoms with van der Waals surface area (Å²) in [5.41, 5.74) is 2.27. The van der Waals surface area contributed by atoms with Gasteiger partial charge in [0.15, 0.2) is 0 Å². The monoisotopic (exact) mass is 321 g/mol. The van der Waals surface area contributed by atoms with E-state index >= 15 is 0 Å². The average molecular weight is 321 g/mol. The molecule has 3 aromatic rings. The van der Waals surface area contributed by atoms with Crippen molar-refractivity contribution in [3.63, 3.8) is 0 Å². The van der Waals surface area contributed by atoms with Crippen LogP contribution in [0.5, 0.6) is 0 Å². The molecule has 1 saturated heterocycles. The molecule has 0 bridgehead atoms. The summed E-state index contributed by atoms with van der Waals surface area (Å²) in [6, 6.07) is 16.3. The summed E-state index contributed by atoms with van der Waals surface area (Å²) in [4.78, 5) is 15.0. The first-order chi connectivity index (χ1) is 11.3. The largest absolute Gasteiger partial charge is 0.339 e. The molecular weight excluding hydrogens is 302 g/mol.